The number of fused-ring (bicyclic) bond motifs is 2. The van der Waals surface area contributed by atoms with Crippen molar-refractivity contribution in [3.63, 3.8) is 0 Å². The van der Waals surface area contributed by atoms with Gasteiger partial charge in [-0.25, -0.2) is 4.98 Å². The Bertz CT molecular complexity index is 838. The van der Waals surface area contributed by atoms with Gasteiger partial charge in [0.2, 0.25) is 0 Å². The molecular weight excluding hydrogens is 314 g/mol. The fourth-order valence-corrected chi connectivity index (χ4v) is 4.16. The molecule has 1 atom stereocenters. The molecule has 1 aromatic heterocycles. The van der Waals surface area contributed by atoms with Gasteiger partial charge in [-0.3, -0.25) is 4.79 Å². The van der Waals surface area contributed by atoms with Crippen molar-refractivity contribution in [3.8, 4) is 5.75 Å². The van der Waals surface area contributed by atoms with Crippen LogP contribution in [0.5, 0.6) is 5.75 Å². The maximum absolute atomic E-state index is 13.0. The van der Waals surface area contributed by atoms with E-state index in [9.17, 15) is 4.79 Å². The minimum atomic E-state index is -0.0595. The number of ether oxygens (including phenoxy) is 1. The van der Waals surface area contributed by atoms with Crippen molar-refractivity contribution in [3.05, 3.63) is 46.0 Å². The van der Waals surface area contributed by atoms with Crippen LogP contribution >= 0.6 is 0 Å². The first kappa shape index (κ1) is 16.2. The van der Waals surface area contributed by atoms with Gasteiger partial charge in [0.15, 0.2) is 0 Å². The molecule has 0 radical (unpaired) electrons. The van der Waals surface area contributed by atoms with Crippen LogP contribution in [0.2, 0.25) is 0 Å². The Morgan fingerprint density at radius 2 is 2.12 bits per heavy atom. The predicted molar refractivity (Wildman–Crippen MR) is 96.1 cm³/mol. The number of amides is 1. The standard InChI is InChI=1S/C20H25N3O2/c1-12-10-13(2)19-15(11-12)16(7-9-25-19)22-20(24)18-17-6-4-5-8-23(17)14(3)21-18/h10-11,16H,4-9H2,1-3H3,(H,22,24)/t16-/m1/s1. The van der Waals surface area contributed by atoms with Gasteiger partial charge in [0.1, 0.15) is 17.3 Å². The molecule has 4 rings (SSSR count). The van der Waals surface area contributed by atoms with Crippen LogP contribution in [0, 0.1) is 20.8 Å². The SMILES string of the molecule is Cc1cc(C)c2c(c1)[C@H](NC(=O)c1nc(C)n3c1CCCC3)CCO2. The highest BCUT2D eigenvalue weighted by Gasteiger charge is 2.28. The lowest BCUT2D eigenvalue weighted by Gasteiger charge is -2.28. The number of nitrogens with one attached hydrogen (secondary N) is 1. The number of hydrogen-bond acceptors (Lipinski definition) is 3. The van der Waals surface area contributed by atoms with Crippen LogP contribution < -0.4 is 10.1 Å². The van der Waals surface area contributed by atoms with Crippen LogP contribution in [0.3, 0.4) is 0 Å². The normalized spacial score (nSPS) is 18.9. The first-order chi connectivity index (χ1) is 12.0. The second-order valence-corrected chi connectivity index (χ2v) is 7.23. The summed E-state index contributed by atoms with van der Waals surface area (Å²) in [5.41, 5.74) is 5.10. The zero-order valence-corrected chi connectivity index (χ0v) is 15.2. The maximum atomic E-state index is 13.0. The lowest BCUT2D eigenvalue weighted by Crippen LogP contribution is -2.33. The molecule has 0 saturated heterocycles. The Morgan fingerprint density at radius 3 is 2.96 bits per heavy atom. The van der Waals surface area contributed by atoms with E-state index in [-0.39, 0.29) is 11.9 Å². The first-order valence-corrected chi connectivity index (χ1v) is 9.15. The van der Waals surface area contributed by atoms with Gasteiger partial charge in [-0.15, -0.1) is 0 Å². The fourth-order valence-electron chi connectivity index (χ4n) is 4.16. The summed E-state index contributed by atoms with van der Waals surface area (Å²) in [6, 6.07) is 4.23. The van der Waals surface area contributed by atoms with Gasteiger partial charge in [-0.2, -0.15) is 0 Å². The van der Waals surface area contributed by atoms with E-state index in [1.54, 1.807) is 0 Å². The van der Waals surface area contributed by atoms with E-state index < -0.39 is 0 Å². The molecule has 1 amide bonds. The molecule has 5 heteroatoms. The summed E-state index contributed by atoms with van der Waals surface area (Å²) in [6.07, 6.45) is 4.02. The monoisotopic (exact) mass is 339 g/mol. The van der Waals surface area contributed by atoms with Crippen molar-refractivity contribution in [2.75, 3.05) is 6.61 Å². The van der Waals surface area contributed by atoms with Crippen molar-refractivity contribution < 1.29 is 9.53 Å². The Kier molecular flexibility index (Phi) is 4.02. The van der Waals surface area contributed by atoms with E-state index in [0.717, 1.165) is 60.6 Å². The Labute approximate surface area is 148 Å². The fraction of sp³-hybridized carbons (Fsp3) is 0.500. The highest BCUT2D eigenvalue weighted by molar-refractivity contribution is 5.94. The predicted octanol–water partition coefficient (Wildman–Crippen LogP) is 3.40. The molecule has 3 heterocycles. The molecule has 2 aromatic rings. The highest BCUT2D eigenvalue weighted by atomic mass is 16.5. The van der Waals surface area contributed by atoms with Gasteiger partial charge >= 0.3 is 0 Å². The molecule has 0 bridgehead atoms. The molecule has 25 heavy (non-hydrogen) atoms. The highest BCUT2D eigenvalue weighted by Crippen LogP contribution is 2.36. The average Bonchev–Trinajstić information content (AvgIpc) is 2.93. The van der Waals surface area contributed by atoms with Gasteiger partial charge in [-0.1, -0.05) is 17.7 Å². The number of carbonyl (C=O) groups excluding carboxylic acids is 1. The van der Waals surface area contributed by atoms with E-state index in [1.807, 2.05) is 6.92 Å². The smallest absolute Gasteiger partial charge is 0.272 e. The molecule has 1 N–H and O–H groups in total. The van der Waals surface area contributed by atoms with Crippen LogP contribution in [-0.2, 0) is 13.0 Å². The molecule has 2 aliphatic rings. The quantitative estimate of drug-likeness (QED) is 0.912. The van der Waals surface area contributed by atoms with Crippen LogP contribution in [0.25, 0.3) is 0 Å². The maximum Gasteiger partial charge on any atom is 0.272 e. The molecule has 1 aromatic carbocycles. The summed E-state index contributed by atoms with van der Waals surface area (Å²) in [7, 11) is 0. The molecule has 0 saturated carbocycles. The molecule has 0 aliphatic carbocycles. The Balaban J connectivity index is 1.63. The molecular formula is C20H25N3O2. The minimum absolute atomic E-state index is 0.0175. The Hall–Kier alpha value is -2.30. The van der Waals surface area contributed by atoms with Crippen molar-refractivity contribution in [2.24, 2.45) is 0 Å². The topological polar surface area (TPSA) is 56.2 Å². The summed E-state index contributed by atoms with van der Waals surface area (Å²) in [5.74, 6) is 1.81. The number of nitrogens with zero attached hydrogens (tertiary/aromatic N) is 2. The number of benzene rings is 1. The van der Waals surface area contributed by atoms with Gasteiger partial charge in [-0.05, 0) is 45.6 Å². The number of rotatable bonds is 2. The third-order valence-electron chi connectivity index (χ3n) is 5.31. The van der Waals surface area contributed by atoms with Crippen molar-refractivity contribution in [1.82, 2.24) is 14.9 Å². The average molecular weight is 339 g/mol. The largest absolute Gasteiger partial charge is 0.493 e. The van der Waals surface area contributed by atoms with Gasteiger partial charge < -0.3 is 14.6 Å². The summed E-state index contributed by atoms with van der Waals surface area (Å²) in [6.45, 7) is 7.73. The molecule has 0 fully saturated rings. The van der Waals surface area contributed by atoms with Crippen LogP contribution in [0.4, 0.5) is 0 Å². The molecule has 5 nitrogen and oxygen atoms in total. The van der Waals surface area contributed by atoms with E-state index >= 15 is 0 Å². The minimum Gasteiger partial charge on any atom is -0.493 e. The van der Waals surface area contributed by atoms with E-state index in [1.165, 1.54) is 5.56 Å². The number of carbonyl (C=O) groups is 1. The first-order valence-electron chi connectivity index (χ1n) is 9.15. The number of aryl methyl sites for hydroxylation is 3. The van der Waals surface area contributed by atoms with Gasteiger partial charge in [0.05, 0.1) is 18.3 Å². The molecule has 132 valence electrons. The molecule has 0 spiro atoms. The Morgan fingerprint density at radius 1 is 1.28 bits per heavy atom. The number of aromatic nitrogens is 2. The van der Waals surface area contributed by atoms with E-state index in [4.69, 9.17) is 4.74 Å². The zero-order chi connectivity index (χ0) is 17.6. The van der Waals surface area contributed by atoms with E-state index in [2.05, 4.69) is 40.8 Å². The second-order valence-electron chi connectivity index (χ2n) is 7.23. The zero-order valence-electron chi connectivity index (χ0n) is 15.2. The van der Waals surface area contributed by atoms with Crippen LogP contribution in [0.15, 0.2) is 12.1 Å². The summed E-state index contributed by atoms with van der Waals surface area (Å²) < 4.78 is 8.05. The third-order valence-corrected chi connectivity index (χ3v) is 5.31. The van der Waals surface area contributed by atoms with Crippen molar-refractivity contribution in [1.29, 1.82) is 0 Å². The van der Waals surface area contributed by atoms with Crippen LogP contribution in [-0.4, -0.2) is 22.1 Å². The number of imidazole rings is 1. The summed E-state index contributed by atoms with van der Waals surface area (Å²) in [4.78, 5) is 17.5. The lowest BCUT2D eigenvalue weighted by molar-refractivity contribution is 0.0918. The molecule has 2 aliphatic heterocycles. The number of hydrogen-bond donors (Lipinski definition) is 1. The molecule has 0 unspecified atom stereocenters. The van der Waals surface area contributed by atoms with Crippen molar-refractivity contribution >= 4 is 5.91 Å². The van der Waals surface area contributed by atoms with Crippen molar-refractivity contribution in [2.45, 2.75) is 59.0 Å². The lowest BCUT2D eigenvalue weighted by atomic mass is 9.95. The second kappa shape index (κ2) is 6.21. The van der Waals surface area contributed by atoms with Gasteiger partial charge in [0, 0.05) is 18.5 Å². The van der Waals surface area contributed by atoms with Gasteiger partial charge in [0.25, 0.3) is 5.91 Å². The van der Waals surface area contributed by atoms with E-state index in [0.29, 0.717) is 12.3 Å². The van der Waals surface area contributed by atoms with Crippen LogP contribution in [0.1, 0.15) is 64.0 Å². The third kappa shape index (κ3) is 2.81. The summed E-state index contributed by atoms with van der Waals surface area (Å²) in [5, 5.41) is 3.21. The summed E-state index contributed by atoms with van der Waals surface area (Å²) >= 11 is 0.